The molecule has 1 aliphatic rings. The molecule has 5 atom stereocenters. The molecule has 1 fully saturated rings. The van der Waals surface area contributed by atoms with E-state index < -0.39 is 48.4 Å². The Hall–Kier alpha value is -2.56. The summed E-state index contributed by atoms with van der Waals surface area (Å²) in [6.07, 6.45) is -2.22. The second-order valence-corrected chi connectivity index (χ2v) is 11.7. The largest absolute Gasteiger partial charge is 0.467 e. The number of carbonyl (C=O) groups excluding carboxylic acids is 4. The van der Waals surface area contributed by atoms with Crippen molar-refractivity contribution in [3.63, 3.8) is 0 Å². The van der Waals surface area contributed by atoms with Crippen molar-refractivity contribution in [2.45, 2.75) is 65.1 Å². The molecule has 1 aliphatic heterocycles. The van der Waals surface area contributed by atoms with E-state index in [0.717, 1.165) is 24.1 Å². The van der Waals surface area contributed by atoms with Gasteiger partial charge in [-0.05, 0) is 40.4 Å². The molecule has 1 N–H and O–H groups in total. The molecule has 13 nitrogen and oxygen atoms in total. The lowest BCUT2D eigenvalue weighted by Crippen LogP contribution is -2.60. The molecular weight excluding hydrogens is 714 g/mol. The zero-order valence-corrected chi connectivity index (χ0v) is 28.3. The Balaban J connectivity index is 1.95. The van der Waals surface area contributed by atoms with Crippen LogP contribution in [0.3, 0.4) is 0 Å². The van der Waals surface area contributed by atoms with Gasteiger partial charge in [-0.2, -0.15) is 0 Å². The van der Waals surface area contributed by atoms with Crippen LogP contribution in [0.2, 0.25) is 0 Å². The van der Waals surface area contributed by atoms with Crippen molar-refractivity contribution in [2.75, 3.05) is 40.1 Å². The van der Waals surface area contributed by atoms with Gasteiger partial charge in [0.15, 0.2) is 18.3 Å². The molecule has 2 heterocycles. The summed E-state index contributed by atoms with van der Waals surface area (Å²) in [5, 5.41) is 9.36. The Morgan fingerprint density at radius 2 is 1.61 bits per heavy atom. The van der Waals surface area contributed by atoms with Gasteiger partial charge in [0, 0.05) is 36.3 Å². The number of rotatable bonds is 14. The Morgan fingerprint density at radius 1 is 0.977 bits per heavy atom. The highest BCUT2D eigenvalue weighted by Crippen LogP contribution is 2.42. The number of aromatic nitrogens is 1. The van der Waals surface area contributed by atoms with Crippen LogP contribution in [0.1, 0.15) is 44.5 Å². The SMILES string of the molecule is COC(=O)[C@H]1O[C@@H](Oc2cn(C(C)=O)c3cc(Br)c(CCCOCCOCCO)c(Br)c23)[C@H](C)[C@@H](OC(C)=O)[C@@H]1OC(C)=O. The van der Waals surface area contributed by atoms with Crippen molar-refractivity contribution in [1.29, 1.82) is 0 Å². The van der Waals surface area contributed by atoms with Crippen LogP contribution in [0.5, 0.6) is 5.75 Å². The highest BCUT2D eigenvalue weighted by Gasteiger charge is 2.52. The van der Waals surface area contributed by atoms with Crippen molar-refractivity contribution in [1.82, 2.24) is 4.57 Å². The molecule has 0 unspecified atom stereocenters. The van der Waals surface area contributed by atoms with Gasteiger partial charge >= 0.3 is 17.9 Å². The van der Waals surface area contributed by atoms with Gasteiger partial charge in [0.25, 0.3) is 0 Å². The average molecular weight is 751 g/mol. The third kappa shape index (κ3) is 8.79. The minimum Gasteiger partial charge on any atom is -0.467 e. The summed E-state index contributed by atoms with van der Waals surface area (Å²) in [5.41, 5.74) is 1.45. The quantitative estimate of drug-likeness (QED) is 0.170. The number of aliphatic hydroxyl groups excluding tert-OH is 1. The first-order valence-corrected chi connectivity index (χ1v) is 15.5. The molecule has 244 valence electrons. The van der Waals surface area contributed by atoms with Crippen LogP contribution < -0.4 is 4.74 Å². The number of benzene rings is 1. The second-order valence-electron chi connectivity index (χ2n) is 10.1. The van der Waals surface area contributed by atoms with Crippen molar-refractivity contribution in [3.8, 4) is 5.75 Å². The molecule has 3 rings (SSSR count). The molecule has 1 saturated heterocycles. The minimum absolute atomic E-state index is 0.0409. The lowest BCUT2D eigenvalue weighted by atomic mass is 9.91. The molecule has 2 aromatic rings. The summed E-state index contributed by atoms with van der Waals surface area (Å²) in [7, 11) is 1.15. The average Bonchev–Trinajstić information content (AvgIpc) is 3.32. The standard InChI is InChI=1S/C29H37Br2NO12/c1-15-25(41-17(3)35)26(42-18(4)36)27(28(37)38-5)44-29(15)43-22-14-32(16(2)34)21-13-20(30)19(24(31)23(21)22)7-6-9-39-11-12-40-10-8-33/h13-15,25-27,29,33H,6-12H2,1-5H3/t15-,25-,26+,27+,29-/m1/s1. The van der Waals surface area contributed by atoms with Gasteiger partial charge < -0.3 is 38.3 Å². The van der Waals surface area contributed by atoms with E-state index in [-0.39, 0.29) is 24.9 Å². The number of hydrogen-bond acceptors (Lipinski definition) is 12. The molecule has 1 aromatic carbocycles. The number of aliphatic hydroxyl groups is 1. The monoisotopic (exact) mass is 749 g/mol. The van der Waals surface area contributed by atoms with Gasteiger partial charge in [0.1, 0.15) is 5.75 Å². The number of halogens is 2. The molecule has 44 heavy (non-hydrogen) atoms. The topological polar surface area (TPSA) is 158 Å². The van der Waals surface area contributed by atoms with Gasteiger partial charge in [-0.25, -0.2) is 4.79 Å². The number of carbonyl (C=O) groups is 4. The van der Waals surface area contributed by atoms with Crippen LogP contribution >= 0.6 is 31.9 Å². The predicted molar refractivity (Wildman–Crippen MR) is 162 cm³/mol. The van der Waals surface area contributed by atoms with Gasteiger partial charge in [-0.1, -0.05) is 22.9 Å². The summed E-state index contributed by atoms with van der Waals surface area (Å²) in [5.74, 6) is -2.95. The summed E-state index contributed by atoms with van der Waals surface area (Å²) in [6.45, 7) is 6.92. The molecule has 0 aliphatic carbocycles. The Labute approximate surface area is 271 Å². The third-order valence-corrected chi connectivity index (χ3v) is 8.42. The molecular formula is C29H37Br2NO12. The maximum absolute atomic E-state index is 12.7. The Morgan fingerprint density at radius 3 is 2.20 bits per heavy atom. The van der Waals surface area contributed by atoms with Gasteiger partial charge in [0.2, 0.25) is 12.2 Å². The predicted octanol–water partition coefficient (Wildman–Crippen LogP) is 3.56. The number of hydrogen-bond donors (Lipinski definition) is 1. The smallest absolute Gasteiger partial charge is 0.339 e. The van der Waals surface area contributed by atoms with Crippen molar-refractivity contribution < 1.29 is 57.4 Å². The van der Waals surface area contributed by atoms with E-state index in [1.165, 1.54) is 24.6 Å². The Kier molecular flexibility index (Phi) is 13.6. The zero-order valence-electron chi connectivity index (χ0n) is 25.1. The first-order valence-electron chi connectivity index (χ1n) is 13.9. The molecule has 0 spiro atoms. The van der Waals surface area contributed by atoms with Crippen LogP contribution in [0.25, 0.3) is 10.9 Å². The van der Waals surface area contributed by atoms with E-state index >= 15 is 0 Å². The molecule has 0 radical (unpaired) electrons. The fourth-order valence-electron chi connectivity index (χ4n) is 4.86. The summed E-state index contributed by atoms with van der Waals surface area (Å²) in [6, 6.07) is 1.81. The van der Waals surface area contributed by atoms with E-state index in [1.807, 2.05) is 6.07 Å². The number of fused-ring (bicyclic) bond motifs is 1. The van der Waals surface area contributed by atoms with Crippen molar-refractivity contribution >= 4 is 66.6 Å². The highest BCUT2D eigenvalue weighted by molar-refractivity contribution is 9.11. The summed E-state index contributed by atoms with van der Waals surface area (Å²) in [4.78, 5) is 49.2. The van der Waals surface area contributed by atoms with E-state index in [4.69, 9.17) is 38.3 Å². The van der Waals surface area contributed by atoms with Gasteiger partial charge in [0.05, 0.1) is 56.6 Å². The zero-order chi connectivity index (χ0) is 32.6. The molecule has 0 amide bonds. The maximum atomic E-state index is 12.7. The lowest BCUT2D eigenvalue weighted by molar-refractivity contribution is -0.261. The molecule has 1 aromatic heterocycles. The second kappa shape index (κ2) is 16.7. The maximum Gasteiger partial charge on any atom is 0.339 e. The van der Waals surface area contributed by atoms with E-state index in [9.17, 15) is 19.2 Å². The normalized spacial score (nSPS) is 21.6. The number of methoxy groups -OCH3 is 1. The molecule has 15 heteroatoms. The minimum atomic E-state index is -1.46. The fourth-order valence-corrected chi connectivity index (χ4v) is 6.55. The van der Waals surface area contributed by atoms with Gasteiger partial charge in [-0.3, -0.25) is 19.0 Å². The number of nitrogens with zero attached hydrogens (tertiary/aromatic N) is 1. The van der Waals surface area contributed by atoms with Crippen molar-refractivity contribution in [3.05, 3.63) is 26.8 Å². The third-order valence-electron chi connectivity index (χ3n) is 6.84. The Bertz CT molecular complexity index is 1350. The fraction of sp³-hybridized carbons (Fsp3) is 0.586. The van der Waals surface area contributed by atoms with E-state index in [1.54, 1.807) is 6.92 Å². The first kappa shape index (κ1) is 35.9. The number of ether oxygens (including phenoxy) is 7. The molecule has 0 bridgehead atoms. The van der Waals surface area contributed by atoms with Crippen molar-refractivity contribution in [2.24, 2.45) is 5.92 Å². The van der Waals surface area contributed by atoms with E-state index in [0.29, 0.717) is 48.0 Å². The summed E-state index contributed by atoms with van der Waals surface area (Å²) < 4.78 is 41.7. The molecule has 0 saturated carbocycles. The summed E-state index contributed by atoms with van der Waals surface area (Å²) >= 11 is 7.33. The van der Waals surface area contributed by atoms with Crippen LogP contribution in [0.15, 0.2) is 21.2 Å². The van der Waals surface area contributed by atoms with E-state index in [2.05, 4.69) is 31.9 Å². The first-order chi connectivity index (χ1) is 20.9. The lowest BCUT2D eigenvalue weighted by Gasteiger charge is -2.42. The highest BCUT2D eigenvalue weighted by atomic mass is 79.9. The van der Waals surface area contributed by atoms with Crippen LogP contribution in [0, 0.1) is 5.92 Å². The number of esters is 3. The van der Waals surface area contributed by atoms with Crippen LogP contribution in [-0.2, 0) is 49.2 Å². The van der Waals surface area contributed by atoms with Crippen LogP contribution in [0.4, 0.5) is 0 Å². The van der Waals surface area contributed by atoms with Gasteiger partial charge in [-0.15, -0.1) is 0 Å². The van der Waals surface area contributed by atoms with Crippen LogP contribution in [-0.4, -0.2) is 98.2 Å².